The number of fused-ring (bicyclic) bond motifs is 7. The Morgan fingerprint density at radius 2 is 0.945 bits per heavy atom. The molecule has 0 saturated heterocycles. The number of para-hydroxylation sites is 1. The van der Waals surface area contributed by atoms with Gasteiger partial charge < -0.3 is 9.32 Å². The van der Waals surface area contributed by atoms with Gasteiger partial charge in [0.2, 0.25) is 0 Å². The van der Waals surface area contributed by atoms with E-state index in [2.05, 4.69) is 193 Å². The molecule has 2 heterocycles. The normalized spacial score (nSPS) is 11.6. The molecule has 3 heteroatoms. The van der Waals surface area contributed by atoms with Crippen LogP contribution in [-0.4, -0.2) is 0 Å². The molecule has 55 heavy (non-hydrogen) atoms. The van der Waals surface area contributed by atoms with Crippen LogP contribution in [0.3, 0.4) is 0 Å². The number of hydrogen-bond donors (Lipinski definition) is 0. The zero-order valence-corrected chi connectivity index (χ0v) is 30.6. The first-order valence-corrected chi connectivity index (χ1v) is 19.5. The van der Waals surface area contributed by atoms with Gasteiger partial charge in [0, 0.05) is 48.0 Å². The van der Waals surface area contributed by atoms with Crippen LogP contribution in [0.4, 0.5) is 17.1 Å². The molecule has 0 amide bonds. The second kappa shape index (κ2) is 12.9. The molecule has 0 fully saturated rings. The highest BCUT2D eigenvalue weighted by Crippen LogP contribution is 2.43. The summed E-state index contributed by atoms with van der Waals surface area (Å²) < 4.78 is 8.93. The van der Waals surface area contributed by atoms with E-state index in [-0.39, 0.29) is 0 Å². The van der Waals surface area contributed by atoms with Crippen LogP contribution >= 0.6 is 11.3 Å². The number of nitrogens with zero attached hydrogens (tertiary/aromatic N) is 1. The van der Waals surface area contributed by atoms with Gasteiger partial charge in [-0.2, -0.15) is 0 Å². The van der Waals surface area contributed by atoms with Crippen LogP contribution in [-0.2, 0) is 0 Å². The van der Waals surface area contributed by atoms with Gasteiger partial charge in [-0.3, -0.25) is 0 Å². The van der Waals surface area contributed by atoms with Gasteiger partial charge in [-0.15, -0.1) is 11.3 Å². The van der Waals surface area contributed by atoms with E-state index in [1.807, 2.05) is 23.5 Å². The first-order chi connectivity index (χ1) is 27.2. The SMILES string of the molecule is c1cc(-c2ccc3c(c2)oc2ccccc23)cc(N(c2ccc(-c3cccc4ccccc34)cc2)c2cccc(-c3cccc4c3sc3ccccc34)c2)c1. The molecule has 0 N–H and O–H groups in total. The van der Waals surface area contributed by atoms with Crippen LogP contribution in [0, 0.1) is 0 Å². The predicted octanol–water partition coefficient (Wildman–Crippen LogP) is 15.6. The van der Waals surface area contributed by atoms with E-state index in [9.17, 15) is 0 Å². The number of benzene rings is 9. The lowest BCUT2D eigenvalue weighted by molar-refractivity contribution is 0.669. The molecule has 2 nitrogen and oxygen atoms in total. The number of anilines is 3. The van der Waals surface area contributed by atoms with Crippen molar-refractivity contribution in [3.8, 4) is 33.4 Å². The van der Waals surface area contributed by atoms with Crippen molar-refractivity contribution in [3.63, 3.8) is 0 Å². The maximum absolute atomic E-state index is 6.30. The molecule has 258 valence electrons. The van der Waals surface area contributed by atoms with Crippen LogP contribution in [0.2, 0.25) is 0 Å². The highest BCUT2D eigenvalue weighted by Gasteiger charge is 2.17. The minimum atomic E-state index is 0.896. The van der Waals surface area contributed by atoms with Crippen molar-refractivity contribution in [1.82, 2.24) is 0 Å². The van der Waals surface area contributed by atoms with Crippen LogP contribution in [0.15, 0.2) is 205 Å². The number of rotatable bonds is 6. The van der Waals surface area contributed by atoms with Crippen molar-refractivity contribution in [1.29, 1.82) is 0 Å². The van der Waals surface area contributed by atoms with Crippen molar-refractivity contribution in [2.45, 2.75) is 0 Å². The first-order valence-electron chi connectivity index (χ1n) is 18.7. The number of hydrogen-bond acceptors (Lipinski definition) is 3. The van der Waals surface area contributed by atoms with Crippen molar-refractivity contribution < 1.29 is 4.42 Å². The summed E-state index contributed by atoms with van der Waals surface area (Å²) in [5, 5.41) is 7.39. The summed E-state index contributed by atoms with van der Waals surface area (Å²) in [5.41, 5.74) is 12.2. The molecule has 0 atom stereocenters. The van der Waals surface area contributed by atoms with E-state index >= 15 is 0 Å². The molecule has 0 radical (unpaired) electrons. The Bertz CT molecular complexity index is 3220. The number of thiophene rings is 1. The zero-order chi connectivity index (χ0) is 36.3. The Hall–Kier alpha value is -6.94. The van der Waals surface area contributed by atoms with Gasteiger partial charge in [0.15, 0.2) is 0 Å². The van der Waals surface area contributed by atoms with Crippen molar-refractivity contribution in [2.75, 3.05) is 4.90 Å². The van der Waals surface area contributed by atoms with E-state index in [0.29, 0.717) is 0 Å². The summed E-state index contributed by atoms with van der Waals surface area (Å²) in [6.45, 7) is 0. The standard InChI is InChI=1S/C52H33NOS/c1-2-17-42-34(11-1)12-9-20-43(42)35-25-28-39(29-26-35)53(40-15-7-13-36(31-40)37-27-30-46-45-18-3-5-23-49(45)54-50(46)33-37)41-16-8-14-38(32-41)44-21-10-22-48-47-19-4-6-24-51(47)55-52(44)48/h1-33H. The van der Waals surface area contributed by atoms with Gasteiger partial charge in [0.05, 0.1) is 0 Å². The third-order valence-electron chi connectivity index (χ3n) is 10.9. The van der Waals surface area contributed by atoms with E-state index < -0.39 is 0 Å². The molecule has 0 aliphatic heterocycles. The van der Waals surface area contributed by atoms with Gasteiger partial charge in [0.25, 0.3) is 0 Å². The molecule has 0 spiro atoms. The summed E-state index contributed by atoms with van der Waals surface area (Å²) in [4.78, 5) is 2.38. The third-order valence-corrected chi connectivity index (χ3v) is 12.1. The summed E-state index contributed by atoms with van der Waals surface area (Å²) in [6.07, 6.45) is 0. The molecule has 2 aromatic heterocycles. The van der Waals surface area contributed by atoms with E-state index in [4.69, 9.17) is 4.42 Å². The first kappa shape index (κ1) is 31.6. The maximum atomic E-state index is 6.30. The molecule has 0 aliphatic carbocycles. The Labute approximate surface area is 322 Å². The second-order valence-corrected chi connectivity index (χ2v) is 15.2. The molecule has 0 unspecified atom stereocenters. The lowest BCUT2D eigenvalue weighted by Gasteiger charge is -2.27. The van der Waals surface area contributed by atoms with Crippen LogP contribution in [0.25, 0.3) is 86.3 Å². The highest BCUT2D eigenvalue weighted by atomic mass is 32.1. The fourth-order valence-electron chi connectivity index (χ4n) is 8.23. The Morgan fingerprint density at radius 1 is 0.345 bits per heavy atom. The minimum Gasteiger partial charge on any atom is -0.456 e. The largest absolute Gasteiger partial charge is 0.456 e. The maximum Gasteiger partial charge on any atom is 0.136 e. The van der Waals surface area contributed by atoms with Gasteiger partial charge in [-0.1, -0.05) is 140 Å². The Kier molecular flexibility index (Phi) is 7.39. The lowest BCUT2D eigenvalue weighted by atomic mass is 9.97. The molecule has 11 aromatic rings. The Morgan fingerprint density at radius 3 is 1.82 bits per heavy atom. The van der Waals surface area contributed by atoms with Gasteiger partial charge >= 0.3 is 0 Å². The van der Waals surface area contributed by atoms with Crippen LogP contribution in [0.1, 0.15) is 0 Å². The van der Waals surface area contributed by atoms with E-state index in [1.54, 1.807) is 0 Å². The fraction of sp³-hybridized carbons (Fsp3) is 0. The highest BCUT2D eigenvalue weighted by molar-refractivity contribution is 7.26. The van der Waals surface area contributed by atoms with Crippen LogP contribution < -0.4 is 4.90 Å². The van der Waals surface area contributed by atoms with E-state index in [1.165, 1.54) is 53.2 Å². The van der Waals surface area contributed by atoms with Crippen molar-refractivity contribution >= 4 is 81.3 Å². The second-order valence-electron chi connectivity index (χ2n) is 14.1. The van der Waals surface area contributed by atoms with Crippen molar-refractivity contribution in [2.24, 2.45) is 0 Å². The summed E-state index contributed by atoms with van der Waals surface area (Å²) >= 11 is 1.87. The molecule has 0 aliphatic rings. The monoisotopic (exact) mass is 719 g/mol. The van der Waals surface area contributed by atoms with Gasteiger partial charge in [-0.05, 0) is 105 Å². The molecular weight excluding hydrogens is 687 g/mol. The lowest BCUT2D eigenvalue weighted by Crippen LogP contribution is -2.10. The average Bonchev–Trinajstić information content (AvgIpc) is 3.82. The number of furan rings is 1. The molecule has 9 aromatic carbocycles. The third kappa shape index (κ3) is 5.40. The predicted molar refractivity (Wildman–Crippen MR) is 235 cm³/mol. The minimum absolute atomic E-state index is 0.896. The zero-order valence-electron chi connectivity index (χ0n) is 29.8. The van der Waals surface area contributed by atoms with Crippen molar-refractivity contribution in [3.05, 3.63) is 200 Å². The molecular formula is C52H33NOS. The topological polar surface area (TPSA) is 16.4 Å². The molecule has 11 rings (SSSR count). The fourth-order valence-corrected chi connectivity index (χ4v) is 9.47. The van der Waals surface area contributed by atoms with Crippen LogP contribution in [0.5, 0.6) is 0 Å². The summed E-state index contributed by atoms with van der Waals surface area (Å²) in [5.74, 6) is 0. The smallest absolute Gasteiger partial charge is 0.136 e. The van der Waals surface area contributed by atoms with Gasteiger partial charge in [0.1, 0.15) is 11.2 Å². The quantitative estimate of drug-likeness (QED) is 0.170. The molecule has 0 saturated carbocycles. The van der Waals surface area contributed by atoms with E-state index in [0.717, 1.165) is 50.1 Å². The average molecular weight is 720 g/mol. The summed E-state index contributed by atoms with van der Waals surface area (Å²) in [6, 6.07) is 72.2. The summed E-state index contributed by atoms with van der Waals surface area (Å²) in [7, 11) is 0. The van der Waals surface area contributed by atoms with Gasteiger partial charge in [-0.25, -0.2) is 0 Å². The molecule has 0 bridgehead atoms. The Balaban J connectivity index is 1.05.